The van der Waals surface area contributed by atoms with Crippen molar-refractivity contribution < 1.29 is 4.79 Å². The van der Waals surface area contributed by atoms with Gasteiger partial charge in [-0.15, -0.1) is 0 Å². The highest BCUT2D eigenvalue weighted by molar-refractivity contribution is 9.10. The second-order valence-corrected chi connectivity index (χ2v) is 5.55. The van der Waals surface area contributed by atoms with Crippen LogP contribution in [0, 0.1) is 0 Å². The number of hydrogen-bond donors (Lipinski definition) is 4. The quantitative estimate of drug-likeness (QED) is 0.361. The summed E-state index contributed by atoms with van der Waals surface area (Å²) in [5, 5.41) is 3.41. The van der Waals surface area contributed by atoms with Gasteiger partial charge in [-0.05, 0) is 61.3 Å². The third-order valence-electron chi connectivity index (χ3n) is 2.25. The van der Waals surface area contributed by atoms with Crippen molar-refractivity contribution in [3.05, 3.63) is 22.4 Å². The third-order valence-corrected chi connectivity index (χ3v) is 2.95. The number of amides is 1. The monoisotopic (exact) mass is 347 g/mol. The smallest absolute Gasteiger partial charge is 0.286 e. The van der Waals surface area contributed by atoms with Crippen molar-refractivity contribution in [1.29, 1.82) is 0 Å². The summed E-state index contributed by atoms with van der Waals surface area (Å²) in [6, 6.07) is 1.69. The number of rotatable bonds is 5. The second-order valence-electron chi connectivity index (χ2n) is 4.22. The van der Waals surface area contributed by atoms with E-state index in [1.54, 1.807) is 12.3 Å². The first-order valence-electron chi connectivity index (χ1n) is 5.82. The zero-order valence-corrected chi connectivity index (χ0v) is 13.3. The number of hydrogen-bond acceptors (Lipinski definition) is 3. The first-order valence-corrected chi connectivity index (χ1v) is 7.02. The summed E-state index contributed by atoms with van der Waals surface area (Å²) in [5.41, 5.74) is 5.61. The van der Waals surface area contributed by atoms with Crippen LogP contribution in [0.25, 0.3) is 0 Å². The highest BCUT2D eigenvalue weighted by Crippen LogP contribution is 2.09. The van der Waals surface area contributed by atoms with Crippen LogP contribution in [0.15, 0.2) is 16.7 Å². The lowest BCUT2D eigenvalue weighted by Crippen LogP contribution is -2.47. The van der Waals surface area contributed by atoms with Crippen LogP contribution in [0.4, 0.5) is 0 Å². The van der Waals surface area contributed by atoms with E-state index in [0.717, 1.165) is 24.0 Å². The molecule has 0 saturated carbocycles. The van der Waals surface area contributed by atoms with Gasteiger partial charge in [0.15, 0.2) is 5.11 Å². The van der Waals surface area contributed by atoms with Crippen molar-refractivity contribution in [2.45, 2.75) is 6.42 Å². The summed E-state index contributed by atoms with van der Waals surface area (Å²) in [6.07, 6.45) is 2.67. The van der Waals surface area contributed by atoms with Crippen LogP contribution in [-0.4, -0.2) is 48.1 Å². The molecule has 0 atom stereocenters. The summed E-state index contributed by atoms with van der Waals surface area (Å²) < 4.78 is 0.821. The molecule has 0 bridgehead atoms. The Hall–Kier alpha value is -1.12. The summed E-state index contributed by atoms with van der Waals surface area (Å²) in [7, 11) is 4.04. The SMILES string of the molecule is CN(C)CCCNC(=S)NNC(=O)c1cc(Br)c[nH]1. The van der Waals surface area contributed by atoms with Crippen molar-refractivity contribution in [2.75, 3.05) is 27.2 Å². The predicted octanol–water partition coefficient (Wildman–Crippen LogP) is 0.838. The molecule has 1 heterocycles. The molecule has 0 aliphatic rings. The van der Waals surface area contributed by atoms with Crippen molar-refractivity contribution in [2.24, 2.45) is 0 Å². The van der Waals surface area contributed by atoms with Crippen LogP contribution in [0.5, 0.6) is 0 Å². The second kappa shape index (κ2) is 8.13. The topological polar surface area (TPSA) is 72.2 Å². The number of H-pyrrole nitrogens is 1. The summed E-state index contributed by atoms with van der Waals surface area (Å²) in [6.45, 7) is 1.74. The summed E-state index contributed by atoms with van der Waals surface area (Å²) in [5.74, 6) is -0.275. The van der Waals surface area contributed by atoms with Crippen LogP contribution in [0.1, 0.15) is 16.9 Å². The van der Waals surface area contributed by atoms with Gasteiger partial charge in [-0.2, -0.15) is 0 Å². The van der Waals surface area contributed by atoms with E-state index in [0.29, 0.717) is 10.8 Å². The van der Waals surface area contributed by atoms with Gasteiger partial charge in [0.05, 0.1) is 0 Å². The third kappa shape index (κ3) is 6.55. The first-order chi connectivity index (χ1) is 8.99. The van der Waals surface area contributed by atoms with Crippen LogP contribution in [0.2, 0.25) is 0 Å². The van der Waals surface area contributed by atoms with E-state index in [-0.39, 0.29) is 5.91 Å². The molecule has 19 heavy (non-hydrogen) atoms. The predicted molar refractivity (Wildman–Crippen MR) is 82.9 cm³/mol. The van der Waals surface area contributed by atoms with E-state index in [4.69, 9.17) is 12.2 Å². The van der Waals surface area contributed by atoms with Crippen molar-refractivity contribution in [3.63, 3.8) is 0 Å². The molecular formula is C11H18BrN5OS. The molecule has 6 nitrogen and oxygen atoms in total. The zero-order chi connectivity index (χ0) is 14.3. The normalized spacial score (nSPS) is 10.3. The van der Waals surface area contributed by atoms with Gasteiger partial charge >= 0.3 is 0 Å². The van der Waals surface area contributed by atoms with Crippen LogP contribution >= 0.6 is 28.1 Å². The van der Waals surface area contributed by atoms with Crippen molar-refractivity contribution in [3.8, 4) is 0 Å². The molecule has 0 spiro atoms. The lowest BCUT2D eigenvalue weighted by atomic mass is 10.4. The minimum Gasteiger partial charge on any atom is -0.361 e. The largest absolute Gasteiger partial charge is 0.361 e. The number of carbonyl (C=O) groups excluding carboxylic acids is 1. The average molecular weight is 348 g/mol. The van der Waals surface area contributed by atoms with Gasteiger partial charge in [0.1, 0.15) is 5.69 Å². The number of carbonyl (C=O) groups is 1. The van der Waals surface area contributed by atoms with Crippen molar-refractivity contribution in [1.82, 2.24) is 26.1 Å². The Labute approximate surface area is 126 Å². The minimum atomic E-state index is -0.275. The highest BCUT2D eigenvalue weighted by Gasteiger charge is 2.07. The average Bonchev–Trinajstić information content (AvgIpc) is 2.78. The van der Waals surface area contributed by atoms with E-state index in [9.17, 15) is 4.79 Å². The lowest BCUT2D eigenvalue weighted by molar-refractivity contribution is 0.0939. The maximum absolute atomic E-state index is 11.7. The number of nitrogens with zero attached hydrogens (tertiary/aromatic N) is 1. The number of thiocarbonyl (C=S) groups is 1. The molecule has 0 fully saturated rings. The van der Waals surface area contributed by atoms with E-state index in [1.807, 2.05) is 14.1 Å². The van der Waals surface area contributed by atoms with E-state index in [1.165, 1.54) is 0 Å². The Balaban J connectivity index is 2.18. The number of halogens is 1. The van der Waals surface area contributed by atoms with Gasteiger partial charge in [0.2, 0.25) is 0 Å². The fraction of sp³-hybridized carbons (Fsp3) is 0.455. The zero-order valence-electron chi connectivity index (χ0n) is 10.9. The van der Waals surface area contributed by atoms with Gasteiger partial charge in [-0.25, -0.2) is 0 Å². The number of nitrogens with one attached hydrogen (secondary N) is 4. The standard InChI is InChI=1S/C11H18BrN5OS/c1-17(2)5-3-4-13-11(19)16-15-10(18)9-6-8(12)7-14-9/h6-7,14H,3-5H2,1-2H3,(H,15,18)(H2,13,16,19). The van der Waals surface area contributed by atoms with Crippen molar-refractivity contribution >= 4 is 39.2 Å². The van der Waals surface area contributed by atoms with Gasteiger partial charge in [-0.3, -0.25) is 15.6 Å². The van der Waals surface area contributed by atoms with Gasteiger partial charge < -0.3 is 15.2 Å². The molecule has 8 heteroatoms. The Morgan fingerprint density at radius 2 is 2.21 bits per heavy atom. The molecule has 0 saturated heterocycles. The molecule has 0 radical (unpaired) electrons. The van der Waals surface area contributed by atoms with Gasteiger partial charge in [0, 0.05) is 17.2 Å². The molecule has 0 aromatic carbocycles. The molecule has 1 aromatic heterocycles. The van der Waals surface area contributed by atoms with Crippen LogP contribution < -0.4 is 16.2 Å². The van der Waals surface area contributed by atoms with E-state index < -0.39 is 0 Å². The minimum absolute atomic E-state index is 0.275. The number of hydrazine groups is 1. The number of aromatic amines is 1. The lowest BCUT2D eigenvalue weighted by Gasteiger charge is -2.12. The van der Waals surface area contributed by atoms with Gasteiger partial charge in [-0.1, -0.05) is 0 Å². The molecule has 0 aliphatic carbocycles. The van der Waals surface area contributed by atoms with Gasteiger partial charge in [0.25, 0.3) is 5.91 Å². The molecule has 1 rings (SSSR count). The maximum Gasteiger partial charge on any atom is 0.286 e. The molecular weight excluding hydrogens is 330 g/mol. The molecule has 4 N–H and O–H groups in total. The van der Waals surface area contributed by atoms with E-state index in [2.05, 4.69) is 42.0 Å². The fourth-order valence-corrected chi connectivity index (χ4v) is 1.82. The van der Waals surface area contributed by atoms with E-state index >= 15 is 0 Å². The molecule has 1 amide bonds. The fourth-order valence-electron chi connectivity index (χ4n) is 1.32. The number of aromatic nitrogens is 1. The molecule has 106 valence electrons. The molecule has 0 unspecified atom stereocenters. The Morgan fingerprint density at radius 3 is 2.79 bits per heavy atom. The molecule has 0 aliphatic heterocycles. The van der Waals surface area contributed by atoms with Crippen LogP contribution in [-0.2, 0) is 0 Å². The maximum atomic E-state index is 11.7. The first kappa shape index (κ1) is 15.9. The Bertz CT molecular complexity index is 434. The Kier molecular flexibility index (Phi) is 6.82. The summed E-state index contributed by atoms with van der Waals surface area (Å²) in [4.78, 5) is 16.6. The van der Waals surface area contributed by atoms with Crippen LogP contribution in [0.3, 0.4) is 0 Å². The summed E-state index contributed by atoms with van der Waals surface area (Å²) >= 11 is 8.30. The molecule has 1 aromatic rings. The highest BCUT2D eigenvalue weighted by atomic mass is 79.9. The Morgan fingerprint density at radius 1 is 1.47 bits per heavy atom.